The van der Waals surface area contributed by atoms with E-state index < -0.39 is 5.91 Å². The van der Waals surface area contributed by atoms with Crippen LogP contribution in [0.5, 0.6) is 5.75 Å². The Kier molecular flexibility index (Phi) is 7.26. The van der Waals surface area contributed by atoms with Crippen molar-refractivity contribution in [2.24, 2.45) is 18.7 Å². The molecule has 174 valence electrons. The number of benzene rings is 1. The van der Waals surface area contributed by atoms with Crippen LogP contribution in [0.4, 0.5) is 5.00 Å². The molecule has 11 heteroatoms. The summed E-state index contributed by atoms with van der Waals surface area (Å²) >= 11 is 8.82. The first-order valence-electron chi connectivity index (χ1n) is 10.5. The van der Waals surface area contributed by atoms with E-state index in [4.69, 9.17) is 22.1 Å². The number of carbonyl (C=O) groups is 2. The number of carbonyl (C=O) groups excluding carboxylic acids is 2. The summed E-state index contributed by atoms with van der Waals surface area (Å²) in [5.74, 6) is 1.12. The fraction of sp³-hybridized carbons (Fsp3) is 0.364. The van der Waals surface area contributed by atoms with Crippen LogP contribution in [0.1, 0.15) is 40.0 Å². The van der Waals surface area contributed by atoms with Crippen LogP contribution in [0.25, 0.3) is 0 Å². The molecular weight excluding hydrogens is 482 g/mol. The number of halogens is 1. The molecule has 3 N–H and O–H groups in total. The van der Waals surface area contributed by atoms with Gasteiger partial charge in [0.2, 0.25) is 5.91 Å². The van der Waals surface area contributed by atoms with Gasteiger partial charge in [-0.3, -0.25) is 9.59 Å². The topological polar surface area (TPSA) is 112 Å². The molecule has 0 aliphatic heterocycles. The molecule has 0 fully saturated rings. The van der Waals surface area contributed by atoms with E-state index in [1.54, 1.807) is 16.7 Å². The van der Waals surface area contributed by atoms with E-state index in [1.807, 2.05) is 19.2 Å². The summed E-state index contributed by atoms with van der Waals surface area (Å²) in [6.07, 6.45) is 2.73. The quantitative estimate of drug-likeness (QED) is 0.446. The fourth-order valence-corrected chi connectivity index (χ4v) is 6.05. The molecule has 0 radical (unpaired) electrons. The Morgan fingerprint density at radius 2 is 2.15 bits per heavy atom. The number of nitrogens with zero attached hydrogens (tertiary/aromatic N) is 3. The van der Waals surface area contributed by atoms with Crippen molar-refractivity contribution in [3.63, 3.8) is 0 Å². The lowest BCUT2D eigenvalue weighted by atomic mass is 9.88. The monoisotopic (exact) mass is 505 g/mol. The highest BCUT2D eigenvalue weighted by atomic mass is 35.5. The van der Waals surface area contributed by atoms with Gasteiger partial charge in [-0.2, -0.15) is 0 Å². The third-order valence-corrected chi connectivity index (χ3v) is 7.96. The van der Waals surface area contributed by atoms with E-state index in [0.29, 0.717) is 38.2 Å². The van der Waals surface area contributed by atoms with E-state index in [2.05, 4.69) is 22.4 Å². The third-order valence-electron chi connectivity index (χ3n) is 5.46. The number of aromatic nitrogens is 3. The summed E-state index contributed by atoms with van der Waals surface area (Å²) in [5.41, 5.74) is 7.08. The van der Waals surface area contributed by atoms with Crippen LogP contribution < -0.4 is 15.8 Å². The third kappa shape index (κ3) is 5.34. The molecule has 3 aromatic rings. The second-order valence-electron chi connectivity index (χ2n) is 7.93. The van der Waals surface area contributed by atoms with Gasteiger partial charge in [0.05, 0.1) is 16.3 Å². The number of thiophene rings is 1. The van der Waals surface area contributed by atoms with Crippen molar-refractivity contribution >= 4 is 51.5 Å². The number of thioether (sulfide) groups is 1. The highest BCUT2D eigenvalue weighted by Gasteiger charge is 2.27. The van der Waals surface area contributed by atoms with E-state index in [9.17, 15) is 9.59 Å². The number of para-hydroxylation sites is 1. The van der Waals surface area contributed by atoms with Crippen LogP contribution in [-0.2, 0) is 31.3 Å². The number of amides is 2. The molecule has 1 unspecified atom stereocenters. The number of hydrogen-bond acceptors (Lipinski definition) is 7. The van der Waals surface area contributed by atoms with Gasteiger partial charge in [-0.25, -0.2) is 0 Å². The van der Waals surface area contributed by atoms with Crippen LogP contribution in [0, 0.1) is 5.92 Å². The van der Waals surface area contributed by atoms with Crippen molar-refractivity contribution < 1.29 is 14.3 Å². The maximum Gasteiger partial charge on any atom is 0.251 e. The molecule has 1 aromatic carbocycles. The Labute approximate surface area is 204 Å². The van der Waals surface area contributed by atoms with E-state index in [1.165, 1.54) is 23.1 Å². The van der Waals surface area contributed by atoms with Crippen molar-refractivity contribution in [1.82, 2.24) is 14.8 Å². The van der Waals surface area contributed by atoms with Crippen molar-refractivity contribution in [1.29, 1.82) is 0 Å². The van der Waals surface area contributed by atoms with Gasteiger partial charge < -0.3 is 20.4 Å². The summed E-state index contributed by atoms with van der Waals surface area (Å²) in [6, 6.07) is 7.20. The van der Waals surface area contributed by atoms with Crippen LogP contribution in [0.3, 0.4) is 0 Å². The highest BCUT2D eigenvalue weighted by Crippen LogP contribution is 2.39. The van der Waals surface area contributed by atoms with E-state index in [-0.39, 0.29) is 18.3 Å². The number of nitrogens with two attached hydrogens (primary N) is 1. The first-order chi connectivity index (χ1) is 15.8. The normalized spacial score (nSPS) is 15.2. The van der Waals surface area contributed by atoms with Gasteiger partial charge in [0, 0.05) is 11.9 Å². The molecule has 0 saturated heterocycles. The predicted octanol–water partition coefficient (Wildman–Crippen LogP) is 4.06. The molecule has 0 saturated carbocycles. The number of ether oxygens (including phenoxy) is 1. The van der Waals surface area contributed by atoms with E-state index in [0.717, 1.165) is 29.7 Å². The molecule has 8 nitrogen and oxygen atoms in total. The van der Waals surface area contributed by atoms with Crippen LogP contribution in [0.2, 0.25) is 5.02 Å². The zero-order valence-corrected chi connectivity index (χ0v) is 20.6. The molecular formula is C22H24ClN5O3S2. The van der Waals surface area contributed by atoms with Gasteiger partial charge in [-0.15, -0.1) is 21.5 Å². The summed E-state index contributed by atoms with van der Waals surface area (Å²) in [7, 11) is 1.81. The first kappa shape index (κ1) is 23.6. The average Bonchev–Trinajstić information content (AvgIpc) is 3.30. The van der Waals surface area contributed by atoms with Crippen molar-refractivity contribution in [2.45, 2.75) is 37.9 Å². The standard InChI is InChI=1S/C22H24ClN5O3S2/c1-12-7-8-13-16(9-12)33-21(19(13)20(24)30)25-18(29)11-32-22-27-26-17(28(22)2)10-31-15-6-4-3-5-14(15)23/h3-6,12H,7-11H2,1-2H3,(H2,24,30)(H,25,29). The molecule has 2 amide bonds. The number of rotatable bonds is 8. The summed E-state index contributed by atoms with van der Waals surface area (Å²) in [6.45, 7) is 2.39. The molecule has 1 atom stereocenters. The van der Waals surface area contributed by atoms with Crippen LogP contribution >= 0.6 is 34.7 Å². The molecule has 1 aliphatic rings. The second-order valence-corrected chi connectivity index (χ2v) is 10.4. The summed E-state index contributed by atoms with van der Waals surface area (Å²) in [4.78, 5) is 25.8. The lowest BCUT2D eigenvalue weighted by Gasteiger charge is -2.18. The molecule has 0 bridgehead atoms. The Morgan fingerprint density at radius 3 is 2.91 bits per heavy atom. The summed E-state index contributed by atoms with van der Waals surface area (Å²) < 4.78 is 7.49. The van der Waals surface area contributed by atoms with Crippen molar-refractivity contribution in [3.8, 4) is 5.75 Å². The molecule has 33 heavy (non-hydrogen) atoms. The largest absolute Gasteiger partial charge is 0.484 e. The first-order valence-corrected chi connectivity index (χ1v) is 12.6. The second kappa shape index (κ2) is 10.1. The van der Waals surface area contributed by atoms with Gasteiger partial charge in [0.1, 0.15) is 17.4 Å². The molecule has 0 spiro atoms. The van der Waals surface area contributed by atoms with Gasteiger partial charge >= 0.3 is 0 Å². The number of primary amides is 1. The van der Waals surface area contributed by atoms with Gasteiger partial charge in [0.25, 0.3) is 5.91 Å². The number of hydrogen-bond donors (Lipinski definition) is 2. The van der Waals surface area contributed by atoms with Crippen molar-refractivity contribution in [3.05, 3.63) is 51.1 Å². The minimum atomic E-state index is -0.499. The Morgan fingerprint density at radius 1 is 1.36 bits per heavy atom. The molecule has 2 aromatic heterocycles. The maximum atomic E-state index is 12.6. The zero-order valence-electron chi connectivity index (χ0n) is 18.3. The molecule has 2 heterocycles. The molecule has 1 aliphatic carbocycles. The summed E-state index contributed by atoms with van der Waals surface area (Å²) in [5, 5.41) is 12.8. The minimum absolute atomic E-state index is 0.120. The number of fused-ring (bicyclic) bond motifs is 1. The predicted molar refractivity (Wildman–Crippen MR) is 130 cm³/mol. The van der Waals surface area contributed by atoms with Crippen LogP contribution in [-0.4, -0.2) is 32.3 Å². The Bertz CT molecular complexity index is 1190. The minimum Gasteiger partial charge on any atom is -0.484 e. The zero-order chi connectivity index (χ0) is 23.5. The molecule has 4 rings (SSSR count). The smallest absolute Gasteiger partial charge is 0.251 e. The highest BCUT2D eigenvalue weighted by molar-refractivity contribution is 7.99. The maximum absolute atomic E-state index is 12.6. The SMILES string of the molecule is CC1CCc2c(sc(NC(=O)CSc3nnc(COc4ccccc4Cl)n3C)c2C(N)=O)C1. The van der Waals surface area contributed by atoms with E-state index >= 15 is 0 Å². The van der Waals surface area contributed by atoms with Gasteiger partial charge in [0.15, 0.2) is 11.0 Å². The lowest BCUT2D eigenvalue weighted by Crippen LogP contribution is -2.20. The average molecular weight is 506 g/mol. The van der Waals surface area contributed by atoms with Crippen LogP contribution in [0.15, 0.2) is 29.4 Å². The number of nitrogens with one attached hydrogen (secondary N) is 1. The Hall–Kier alpha value is -2.56. The Balaban J connectivity index is 1.37. The van der Waals surface area contributed by atoms with Crippen molar-refractivity contribution in [2.75, 3.05) is 11.1 Å². The van der Waals surface area contributed by atoms with Gasteiger partial charge in [-0.1, -0.05) is 42.4 Å². The van der Waals surface area contributed by atoms with Gasteiger partial charge in [-0.05, 0) is 42.9 Å². The number of anilines is 1. The lowest BCUT2D eigenvalue weighted by molar-refractivity contribution is -0.113. The fourth-order valence-electron chi connectivity index (χ4n) is 3.69.